The van der Waals surface area contributed by atoms with E-state index in [4.69, 9.17) is 0 Å². The number of hydrogen-bond donors (Lipinski definition) is 2. The van der Waals surface area contributed by atoms with Gasteiger partial charge in [0.05, 0.1) is 4.90 Å². The van der Waals surface area contributed by atoms with Crippen molar-refractivity contribution in [2.45, 2.75) is 32.2 Å². The predicted octanol–water partition coefficient (Wildman–Crippen LogP) is 2.45. The Kier molecular flexibility index (Phi) is 5.41. The molecule has 0 atom stereocenters. The molecule has 0 aliphatic heterocycles. The Labute approximate surface area is 143 Å². The first-order valence-electron chi connectivity index (χ1n) is 7.63. The number of sulfonamides is 1. The van der Waals surface area contributed by atoms with Gasteiger partial charge in [-0.15, -0.1) is 0 Å². The molecule has 0 spiro atoms. The quantitative estimate of drug-likeness (QED) is 0.873. The van der Waals surface area contributed by atoms with Crippen LogP contribution in [0.25, 0.3) is 0 Å². The first-order chi connectivity index (χ1) is 11.2. The summed E-state index contributed by atoms with van der Waals surface area (Å²) >= 11 is 0. The summed E-state index contributed by atoms with van der Waals surface area (Å²) in [4.78, 5) is 12.5. The van der Waals surface area contributed by atoms with Crippen LogP contribution in [0.3, 0.4) is 0 Å². The van der Waals surface area contributed by atoms with E-state index in [0.717, 1.165) is 16.7 Å². The average Bonchev–Trinajstić information content (AvgIpc) is 2.56. The van der Waals surface area contributed by atoms with Crippen molar-refractivity contribution in [2.75, 3.05) is 7.05 Å². The Bertz CT molecular complexity index is 857. The molecule has 0 unspecified atom stereocenters. The zero-order chi connectivity index (χ0) is 17.9. The van der Waals surface area contributed by atoms with Gasteiger partial charge in [-0.1, -0.05) is 29.8 Å². The van der Waals surface area contributed by atoms with Crippen LogP contribution in [0.4, 0.5) is 0 Å². The Morgan fingerprint density at radius 1 is 1.04 bits per heavy atom. The summed E-state index contributed by atoms with van der Waals surface area (Å²) in [5.41, 5.74) is 3.87. The lowest BCUT2D eigenvalue weighted by atomic mass is 10.1. The Balaban J connectivity index is 2.25. The fourth-order valence-electron chi connectivity index (χ4n) is 2.34. The molecule has 0 saturated carbocycles. The monoisotopic (exact) mass is 346 g/mol. The highest BCUT2D eigenvalue weighted by atomic mass is 32.2. The maximum absolute atomic E-state index is 12.4. The molecule has 0 heterocycles. The van der Waals surface area contributed by atoms with Crippen molar-refractivity contribution in [3.05, 3.63) is 64.2 Å². The molecule has 2 aromatic rings. The van der Waals surface area contributed by atoms with Crippen molar-refractivity contribution in [2.24, 2.45) is 0 Å². The third kappa shape index (κ3) is 4.01. The SMILES string of the molecule is CNS(=O)(=O)c1cc(C(=O)NCc2ccc(C)cc2)cc(C)c1C. The van der Waals surface area contributed by atoms with E-state index in [-0.39, 0.29) is 10.8 Å². The Morgan fingerprint density at radius 3 is 2.25 bits per heavy atom. The number of nitrogens with one attached hydrogen (secondary N) is 2. The predicted molar refractivity (Wildman–Crippen MR) is 94.5 cm³/mol. The van der Waals surface area contributed by atoms with Gasteiger partial charge in [0.25, 0.3) is 5.91 Å². The van der Waals surface area contributed by atoms with Crippen molar-refractivity contribution in [3.63, 3.8) is 0 Å². The molecule has 0 fully saturated rings. The van der Waals surface area contributed by atoms with Crippen LogP contribution < -0.4 is 10.0 Å². The second-order valence-corrected chi connectivity index (χ2v) is 7.65. The summed E-state index contributed by atoms with van der Waals surface area (Å²) in [5.74, 6) is -0.300. The number of rotatable bonds is 5. The van der Waals surface area contributed by atoms with Crippen molar-refractivity contribution < 1.29 is 13.2 Å². The molecule has 2 aromatic carbocycles. The van der Waals surface area contributed by atoms with Crippen LogP contribution >= 0.6 is 0 Å². The van der Waals surface area contributed by atoms with Crippen molar-refractivity contribution in [1.29, 1.82) is 0 Å². The minimum Gasteiger partial charge on any atom is -0.348 e. The molecule has 6 heteroatoms. The summed E-state index contributed by atoms with van der Waals surface area (Å²) in [6, 6.07) is 11.0. The third-order valence-corrected chi connectivity index (χ3v) is 5.55. The van der Waals surface area contributed by atoms with Crippen LogP contribution in [0.5, 0.6) is 0 Å². The van der Waals surface area contributed by atoms with E-state index in [1.807, 2.05) is 31.2 Å². The standard InChI is InChI=1S/C18H22N2O3S/c1-12-5-7-15(8-6-12)11-20-18(21)16-9-13(2)14(3)17(10-16)24(22,23)19-4/h5-10,19H,11H2,1-4H3,(H,20,21). The molecule has 0 radical (unpaired) electrons. The van der Waals surface area contributed by atoms with E-state index in [9.17, 15) is 13.2 Å². The highest BCUT2D eigenvalue weighted by Crippen LogP contribution is 2.21. The van der Waals surface area contributed by atoms with Crippen molar-refractivity contribution in [3.8, 4) is 0 Å². The van der Waals surface area contributed by atoms with E-state index in [1.165, 1.54) is 13.1 Å². The maximum Gasteiger partial charge on any atom is 0.251 e. The van der Waals surface area contributed by atoms with Crippen molar-refractivity contribution >= 4 is 15.9 Å². The summed E-state index contributed by atoms with van der Waals surface area (Å²) in [5, 5.41) is 2.82. The first-order valence-corrected chi connectivity index (χ1v) is 9.11. The van der Waals surface area contributed by atoms with Gasteiger partial charge in [0.2, 0.25) is 10.0 Å². The Morgan fingerprint density at radius 2 is 1.67 bits per heavy atom. The lowest BCUT2D eigenvalue weighted by Gasteiger charge is -2.12. The van der Waals surface area contributed by atoms with Gasteiger partial charge in [-0.25, -0.2) is 13.1 Å². The van der Waals surface area contributed by atoms with Gasteiger partial charge < -0.3 is 5.32 Å². The topological polar surface area (TPSA) is 75.3 Å². The molecule has 2 rings (SSSR count). The van der Waals surface area contributed by atoms with E-state index < -0.39 is 10.0 Å². The highest BCUT2D eigenvalue weighted by molar-refractivity contribution is 7.89. The summed E-state index contributed by atoms with van der Waals surface area (Å²) < 4.78 is 26.5. The van der Waals surface area contributed by atoms with Gasteiger partial charge in [-0.05, 0) is 56.6 Å². The van der Waals surface area contributed by atoms with Crippen LogP contribution in [0.1, 0.15) is 32.6 Å². The van der Waals surface area contributed by atoms with E-state index in [0.29, 0.717) is 17.7 Å². The smallest absolute Gasteiger partial charge is 0.251 e. The van der Waals surface area contributed by atoms with Crippen LogP contribution in [0.15, 0.2) is 41.3 Å². The molecule has 0 aromatic heterocycles. The van der Waals surface area contributed by atoms with Crippen LogP contribution in [-0.4, -0.2) is 21.4 Å². The molecular weight excluding hydrogens is 324 g/mol. The number of amides is 1. The van der Waals surface area contributed by atoms with E-state index in [1.54, 1.807) is 19.9 Å². The van der Waals surface area contributed by atoms with Gasteiger partial charge >= 0.3 is 0 Å². The summed E-state index contributed by atoms with van der Waals surface area (Å²) in [7, 11) is -2.25. The van der Waals surface area contributed by atoms with Gasteiger partial charge in [0.15, 0.2) is 0 Å². The van der Waals surface area contributed by atoms with E-state index in [2.05, 4.69) is 10.0 Å². The molecule has 0 aliphatic rings. The number of carbonyl (C=O) groups is 1. The highest BCUT2D eigenvalue weighted by Gasteiger charge is 2.19. The molecule has 128 valence electrons. The molecule has 2 N–H and O–H groups in total. The number of aryl methyl sites for hydroxylation is 2. The van der Waals surface area contributed by atoms with E-state index >= 15 is 0 Å². The molecule has 0 bridgehead atoms. The average molecular weight is 346 g/mol. The largest absolute Gasteiger partial charge is 0.348 e. The lowest BCUT2D eigenvalue weighted by molar-refractivity contribution is 0.0950. The fourth-order valence-corrected chi connectivity index (χ4v) is 3.40. The zero-order valence-corrected chi connectivity index (χ0v) is 15.1. The second-order valence-electron chi connectivity index (χ2n) is 5.79. The van der Waals surface area contributed by atoms with Gasteiger partial charge in [0, 0.05) is 12.1 Å². The minimum atomic E-state index is -3.61. The van der Waals surface area contributed by atoms with Gasteiger partial charge in [0.1, 0.15) is 0 Å². The number of benzene rings is 2. The third-order valence-electron chi connectivity index (χ3n) is 4.01. The van der Waals surface area contributed by atoms with Gasteiger partial charge in [-0.3, -0.25) is 4.79 Å². The lowest BCUT2D eigenvalue weighted by Crippen LogP contribution is -2.25. The summed E-state index contributed by atoms with van der Waals surface area (Å²) in [6.45, 7) is 5.91. The Hall–Kier alpha value is -2.18. The number of carbonyl (C=O) groups excluding carboxylic acids is 1. The van der Waals surface area contributed by atoms with Crippen LogP contribution in [-0.2, 0) is 16.6 Å². The van der Waals surface area contributed by atoms with Crippen molar-refractivity contribution in [1.82, 2.24) is 10.0 Å². The normalized spacial score (nSPS) is 11.3. The second kappa shape index (κ2) is 7.15. The molecule has 1 amide bonds. The number of hydrogen-bond acceptors (Lipinski definition) is 3. The fraction of sp³-hybridized carbons (Fsp3) is 0.278. The minimum absolute atomic E-state index is 0.130. The molecule has 24 heavy (non-hydrogen) atoms. The first kappa shape index (κ1) is 18.2. The zero-order valence-electron chi connectivity index (χ0n) is 14.3. The van der Waals surface area contributed by atoms with Crippen LogP contribution in [0.2, 0.25) is 0 Å². The molecular formula is C18H22N2O3S. The van der Waals surface area contributed by atoms with Crippen LogP contribution in [0, 0.1) is 20.8 Å². The summed E-state index contributed by atoms with van der Waals surface area (Å²) in [6.07, 6.45) is 0. The van der Waals surface area contributed by atoms with Gasteiger partial charge in [-0.2, -0.15) is 0 Å². The molecule has 0 saturated heterocycles. The molecule has 5 nitrogen and oxygen atoms in total. The maximum atomic E-state index is 12.4. The molecule has 0 aliphatic carbocycles.